The Labute approximate surface area is 210 Å². The summed E-state index contributed by atoms with van der Waals surface area (Å²) >= 11 is 1.39. The SMILES string of the molecule is CC[C@@H](C)c1ccc(NC(=O)c2ccc(NC(=O)C[C@H]3SC(N4CCCCC4)=NC3=O)cc2)cc1. The van der Waals surface area contributed by atoms with Crippen molar-refractivity contribution in [3.63, 3.8) is 0 Å². The second-order valence-corrected chi connectivity index (χ2v) is 10.3. The Morgan fingerprint density at radius 3 is 2.29 bits per heavy atom. The minimum atomic E-state index is -0.483. The lowest BCUT2D eigenvalue weighted by molar-refractivity contribution is -0.121. The third-order valence-corrected chi connectivity index (χ3v) is 7.72. The molecule has 4 rings (SSSR count). The Bertz CT molecular complexity index is 1090. The maximum Gasteiger partial charge on any atom is 0.262 e. The summed E-state index contributed by atoms with van der Waals surface area (Å²) in [6, 6.07) is 14.6. The average molecular weight is 493 g/mol. The second kappa shape index (κ2) is 11.5. The van der Waals surface area contributed by atoms with Gasteiger partial charge in [0.1, 0.15) is 5.25 Å². The quantitative estimate of drug-likeness (QED) is 0.550. The van der Waals surface area contributed by atoms with Crippen LogP contribution in [0.4, 0.5) is 11.4 Å². The number of carbonyl (C=O) groups is 3. The summed E-state index contributed by atoms with van der Waals surface area (Å²) in [5.74, 6) is -0.217. The van der Waals surface area contributed by atoms with E-state index in [2.05, 4.69) is 34.4 Å². The highest BCUT2D eigenvalue weighted by Crippen LogP contribution is 2.29. The predicted molar refractivity (Wildman–Crippen MR) is 142 cm³/mol. The average Bonchev–Trinajstić information content (AvgIpc) is 3.24. The van der Waals surface area contributed by atoms with E-state index < -0.39 is 5.25 Å². The number of hydrogen-bond acceptors (Lipinski definition) is 5. The zero-order valence-corrected chi connectivity index (χ0v) is 21.1. The highest BCUT2D eigenvalue weighted by Gasteiger charge is 2.33. The number of likely N-dealkylation sites (tertiary alicyclic amines) is 1. The number of rotatable bonds is 7. The molecule has 2 aromatic carbocycles. The lowest BCUT2D eigenvalue weighted by Crippen LogP contribution is -2.33. The molecule has 0 aromatic heterocycles. The molecule has 3 amide bonds. The van der Waals surface area contributed by atoms with E-state index in [-0.39, 0.29) is 24.1 Å². The van der Waals surface area contributed by atoms with Gasteiger partial charge in [-0.3, -0.25) is 14.4 Å². The first kappa shape index (κ1) is 25.0. The second-order valence-electron chi connectivity index (χ2n) is 9.10. The van der Waals surface area contributed by atoms with Crippen molar-refractivity contribution >= 4 is 46.0 Å². The molecular formula is C27H32N4O3S. The maximum absolute atomic E-state index is 12.6. The van der Waals surface area contributed by atoms with Crippen molar-refractivity contribution in [1.82, 2.24) is 4.90 Å². The minimum Gasteiger partial charge on any atom is -0.351 e. The van der Waals surface area contributed by atoms with Gasteiger partial charge in [0.2, 0.25) is 5.91 Å². The first-order chi connectivity index (χ1) is 16.9. The summed E-state index contributed by atoms with van der Waals surface area (Å²) < 4.78 is 0. The molecule has 184 valence electrons. The normalized spacial score (nSPS) is 18.7. The summed E-state index contributed by atoms with van der Waals surface area (Å²) in [6.45, 7) is 6.17. The number of amides is 3. The van der Waals surface area contributed by atoms with Crippen LogP contribution in [0.15, 0.2) is 53.5 Å². The van der Waals surface area contributed by atoms with Crippen LogP contribution >= 0.6 is 11.8 Å². The third kappa shape index (κ3) is 6.51. The van der Waals surface area contributed by atoms with Crippen molar-refractivity contribution in [1.29, 1.82) is 0 Å². The van der Waals surface area contributed by atoms with Crippen molar-refractivity contribution in [3.05, 3.63) is 59.7 Å². The van der Waals surface area contributed by atoms with Crippen LogP contribution in [0, 0.1) is 0 Å². The topological polar surface area (TPSA) is 90.9 Å². The Balaban J connectivity index is 1.27. The fraction of sp³-hybridized carbons (Fsp3) is 0.407. The minimum absolute atomic E-state index is 0.0687. The molecule has 7 nitrogen and oxygen atoms in total. The summed E-state index contributed by atoms with van der Waals surface area (Å²) in [7, 11) is 0. The van der Waals surface area contributed by atoms with Gasteiger partial charge >= 0.3 is 0 Å². The maximum atomic E-state index is 12.6. The third-order valence-electron chi connectivity index (χ3n) is 6.51. The molecule has 1 saturated heterocycles. The predicted octanol–water partition coefficient (Wildman–Crippen LogP) is 5.26. The van der Waals surface area contributed by atoms with E-state index in [0.29, 0.717) is 17.2 Å². The van der Waals surface area contributed by atoms with E-state index in [9.17, 15) is 14.4 Å². The Morgan fingerprint density at radius 1 is 1.00 bits per heavy atom. The van der Waals surface area contributed by atoms with Gasteiger partial charge in [-0.2, -0.15) is 4.99 Å². The first-order valence-corrected chi connectivity index (χ1v) is 13.2. The van der Waals surface area contributed by atoms with Crippen molar-refractivity contribution in [2.24, 2.45) is 4.99 Å². The molecule has 2 N–H and O–H groups in total. The van der Waals surface area contributed by atoms with Crippen LogP contribution in [0.3, 0.4) is 0 Å². The van der Waals surface area contributed by atoms with Gasteiger partial charge in [-0.25, -0.2) is 0 Å². The fourth-order valence-electron chi connectivity index (χ4n) is 4.15. The zero-order chi connectivity index (χ0) is 24.8. The molecule has 2 aromatic rings. The van der Waals surface area contributed by atoms with Crippen LogP contribution in [0.5, 0.6) is 0 Å². The smallest absolute Gasteiger partial charge is 0.262 e. The lowest BCUT2D eigenvalue weighted by atomic mass is 9.98. The summed E-state index contributed by atoms with van der Waals surface area (Å²) in [6.07, 6.45) is 4.56. The highest BCUT2D eigenvalue weighted by atomic mass is 32.2. The number of anilines is 2. The summed E-state index contributed by atoms with van der Waals surface area (Å²) in [5.41, 5.74) is 3.06. The van der Waals surface area contributed by atoms with Gasteiger partial charge < -0.3 is 15.5 Å². The Morgan fingerprint density at radius 2 is 1.63 bits per heavy atom. The lowest BCUT2D eigenvalue weighted by Gasteiger charge is -2.27. The first-order valence-electron chi connectivity index (χ1n) is 12.3. The van der Waals surface area contributed by atoms with Crippen molar-refractivity contribution in [2.45, 2.75) is 57.1 Å². The van der Waals surface area contributed by atoms with Crippen LogP contribution < -0.4 is 10.6 Å². The number of amidine groups is 1. The Hall–Kier alpha value is -3.13. The molecule has 2 atom stereocenters. The fourth-order valence-corrected chi connectivity index (χ4v) is 5.27. The van der Waals surface area contributed by atoms with Gasteiger partial charge in [0.05, 0.1) is 0 Å². The van der Waals surface area contributed by atoms with Crippen LogP contribution in [0.25, 0.3) is 0 Å². The molecule has 2 aliphatic rings. The van der Waals surface area contributed by atoms with Gasteiger partial charge in [-0.15, -0.1) is 0 Å². The number of aliphatic imine (C=N–C) groups is 1. The largest absolute Gasteiger partial charge is 0.351 e. The van der Waals surface area contributed by atoms with Gasteiger partial charge in [0.15, 0.2) is 5.17 Å². The monoisotopic (exact) mass is 492 g/mol. The number of nitrogens with zero attached hydrogens (tertiary/aromatic N) is 2. The number of carbonyl (C=O) groups excluding carboxylic acids is 3. The molecule has 2 heterocycles. The molecule has 0 radical (unpaired) electrons. The molecule has 2 aliphatic heterocycles. The molecule has 1 fully saturated rings. The van der Waals surface area contributed by atoms with E-state index in [4.69, 9.17) is 0 Å². The van der Waals surface area contributed by atoms with Crippen LogP contribution in [0.1, 0.15) is 67.8 Å². The van der Waals surface area contributed by atoms with Crippen LogP contribution in [0.2, 0.25) is 0 Å². The molecule has 0 bridgehead atoms. The number of hydrogen-bond donors (Lipinski definition) is 2. The molecule has 8 heteroatoms. The number of nitrogens with one attached hydrogen (secondary N) is 2. The summed E-state index contributed by atoms with van der Waals surface area (Å²) in [4.78, 5) is 43.7. The highest BCUT2D eigenvalue weighted by molar-refractivity contribution is 8.15. The number of thioether (sulfide) groups is 1. The molecule has 0 aliphatic carbocycles. The van der Waals surface area contributed by atoms with E-state index >= 15 is 0 Å². The summed E-state index contributed by atoms with van der Waals surface area (Å²) in [5, 5.41) is 5.99. The standard InChI is InChI=1S/C27H32N4O3S/c1-3-18(2)19-7-11-22(12-8-19)29-25(33)20-9-13-21(14-10-20)28-24(32)17-23-26(34)30-27(35-23)31-15-5-4-6-16-31/h7-14,18,23H,3-6,15-17H2,1-2H3,(H,28,32)(H,29,33)/t18-,23-/m1/s1. The van der Waals surface area contributed by atoms with E-state index in [1.54, 1.807) is 24.3 Å². The number of benzene rings is 2. The van der Waals surface area contributed by atoms with Gasteiger partial charge in [0.25, 0.3) is 11.8 Å². The van der Waals surface area contributed by atoms with E-state index in [1.165, 1.54) is 23.7 Å². The van der Waals surface area contributed by atoms with Crippen LogP contribution in [-0.4, -0.2) is 46.1 Å². The number of piperidine rings is 1. The van der Waals surface area contributed by atoms with Crippen molar-refractivity contribution in [2.75, 3.05) is 23.7 Å². The van der Waals surface area contributed by atoms with Crippen molar-refractivity contribution < 1.29 is 14.4 Å². The van der Waals surface area contributed by atoms with Gasteiger partial charge in [0, 0.05) is 36.4 Å². The van der Waals surface area contributed by atoms with Crippen molar-refractivity contribution in [3.8, 4) is 0 Å². The van der Waals surface area contributed by atoms with Gasteiger partial charge in [-0.05, 0) is 73.6 Å². The zero-order valence-electron chi connectivity index (χ0n) is 20.3. The van der Waals surface area contributed by atoms with Crippen LogP contribution in [-0.2, 0) is 9.59 Å². The van der Waals surface area contributed by atoms with E-state index in [0.717, 1.165) is 43.2 Å². The molecule has 0 unspecified atom stereocenters. The molecule has 0 saturated carbocycles. The molecule has 0 spiro atoms. The molecule has 35 heavy (non-hydrogen) atoms. The molecular weight excluding hydrogens is 460 g/mol. The Kier molecular flexibility index (Phi) is 8.23. The van der Waals surface area contributed by atoms with E-state index in [1.807, 2.05) is 24.3 Å². The van der Waals surface area contributed by atoms with Gasteiger partial charge in [-0.1, -0.05) is 37.7 Å².